The quantitative estimate of drug-likeness (QED) is 0.617. The largest absolute Gasteiger partial charge is 0.135 e. The van der Waals surface area contributed by atoms with Gasteiger partial charge in [-0.25, -0.2) is 0 Å². The molecule has 56 valence electrons. The molecule has 0 rings (SSSR count). The smallest absolute Gasteiger partial charge is 0.0894 e. The molecule has 0 nitrogen and oxygen atoms in total. The van der Waals surface area contributed by atoms with E-state index in [1.165, 1.54) is 0 Å². The normalized spacial score (nSPS) is 15.7. The minimum atomic E-state index is -0.0605. The van der Waals surface area contributed by atoms with Crippen molar-refractivity contribution in [3.8, 4) is 0 Å². The predicted octanol–water partition coefficient (Wildman–Crippen LogP) is 4.39. The summed E-state index contributed by atoms with van der Waals surface area (Å²) >= 11 is 13.7. The zero-order valence-corrected chi connectivity index (χ0v) is 11.3. The SMILES string of the molecule is CC(Br)CCC(Br)(Br)Br. The average molecular weight is 388 g/mol. The maximum atomic E-state index is 3.46. The van der Waals surface area contributed by atoms with Crippen molar-refractivity contribution in [2.45, 2.75) is 26.7 Å². The zero-order chi connectivity index (χ0) is 7.49. The Bertz CT molecular complexity index is 73.5. The third-order valence-electron chi connectivity index (χ3n) is 0.826. The number of alkyl halides is 4. The molecule has 0 aromatic rings. The van der Waals surface area contributed by atoms with Crippen LogP contribution in [0, 0.1) is 0 Å². The van der Waals surface area contributed by atoms with Crippen molar-refractivity contribution in [1.29, 1.82) is 0 Å². The number of hydrogen-bond donors (Lipinski definition) is 0. The Balaban J connectivity index is 3.28. The molecule has 0 aromatic carbocycles. The summed E-state index contributed by atoms with van der Waals surface area (Å²) in [5.41, 5.74) is 0. The van der Waals surface area contributed by atoms with Gasteiger partial charge in [-0.05, 0) is 12.8 Å². The summed E-state index contributed by atoms with van der Waals surface area (Å²) in [7, 11) is 0. The van der Waals surface area contributed by atoms with E-state index in [0.717, 1.165) is 12.8 Å². The van der Waals surface area contributed by atoms with Crippen molar-refractivity contribution in [1.82, 2.24) is 0 Å². The van der Waals surface area contributed by atoms with Crippen LogP contribution >= 0.6 is 63.7 Å². The zero-order valence-electron chi connectivity index (χ0n) is 5.00. The fourth-order valence-corrected chi connectivity index (χ4v) is 1.28. The standard InChI is InChI=1S/C5H8Br4/c1-4(6)2-3-5(7,8)9/h4H,2-3H2,1H3. The van der Waals surface area contributed by atoms with Crippen LogP contribution in [0.1, 0.15) is 19.8 Å². The van der Waals surface area contributed by atoms with E-state index in [0.29, 0.717) is 4.83 Å². The predicted molar refractivity (Wildman–Crippen MR) is 57.1 cm³/mol. The molecule has 0 saturated heterocycles. The summed E-state index contributed by atoms with van der Waals surface area (Å²) in [6.45, 7) is 2.14. The fraction of sp³-hybridized carbons (Fsp3) is 1.00. The molecule has 0 amide bonds. The molecular formula is C5H8Br4. The molecule has 0 N–H and O–H groups in total. The minimum Gasteiger partial charge on any atom is -0.0894 e. The van der Waals surface area contributed by atoms with Crippen LogP contribution in [-0.2, 0) is 0 Å². The van der Waals surface area contributed by atoms with Gasteiger partial charge in [-0.2, -0.15) is 0 Å². The lowest BCUT2D eigenvalue weighted by molar-refractivity contribution is 0.783. The van der Waals surface area contributed by atoms with E-state index in [4.69, 9.17) is 0 Å². The van der Waals surface area contributed by atoms with Crippen LogP contribution in [0.15, 0.2) is 0 Å². The van der Waals surface area contributed by atoms with Crippen molar-refractivity contribution in [3.63, 3.8) is 0 Å². The van der Waals surface area contributed by atoms with Gasteiger partial charge in [-0.15, -0.1) is 0 Å². The maximum absolute atomic E-state index is 3.46. The van der Waals surface area contributed by atoms with Crippen LogP contribution in [0.3, 0.4) is 0 Å². The average Bonchev–Trinajstić information content (AvgIpc) is 1.59. The van der Waals surface area contributed by atoms with E-state index in [9.17, 15) is 0 Å². The number of hydrogen-bond acceptors (Lipinski definition) is 0. The second kappa shape index (κ2) is 4.73. The Labute approximate surface area is 89.7 Å². The molecule has 0 radical (unpaired) electrons. The highest BCUT2D eigenvalue weighted by molar-refractivity contribution is 9.39. The molecule has 4 heteroatoms. The number of halogens is 4. The van der Waals surface area contributed by atoms with E-state index in [2.05, 4.69) is 70.6 Å². The van der Waals surface area contributed by atoms with Crippen molar-refractivity contribution in [3.05, 3.63) is 0 Å². The molecule has 9 heavy (non-hydrogen) atoms. The van der Waals surface area contributed by atoms with E-state index < -0.39 is 0 Å². The van der Waals surface area contributed by atoms with E-state index >= 15 is 0 Å². The second-order valence-corrected chi connectivity index (χ2v) is 10.8. The molecule has 0 heterocycles. The third-order valence-corrected chi connectivity index (χ3v) is 2.47. The Hall–Kier alpha value is 1.92. The van der Waals surface area contributed by atoms with Gasteiger partial charge in [0.15, 0.2) is 0 Å². The lowest BCUT2D eigenvalue weighted by atomic mass is 10.3. The molecule has 0 saturated carbocycles. The van der Waals surface area contributed by atoms with Crippen LogP contribution in [0.2, 0.25) is 0 Å². The third kappa shape index (κ3) is 9.92. The summed E-state index contributed by atoms with van der Waals surface area (Å²) in [4.78, 5) is 0.588. The van der Waals surface area contributed by atoms with Gasteiger partial charge in [0.05, 0.1) is 0 Å². The lowest BCUT2D eigenvalue weighted by Gasteiger charge is -2.11. The summed E-state index contributed by atoms with van der Waals surface area (Å²) in [6, 6.07) is 0. The fourth-order valence-electron chi connectivity index (χ4n) is 0.363. The highest BCUT2D eigenvalue weighted by atomic mass is 80.0. The van der Waals surface area contributed by atoms with Gasteiger partial charge in [-0.1, -0.05) is 70.6 Å². The lowest BCUT2D eigenvalue weighted by Crippen LogP contribution is -2.02. The Morgan fingerprint density at radius 2 is 1.78 bits per heavy atom. The molecule has 0 aromatic heterocycles. The highest BCUT2D eigenvalue weighted by Crippen LogP contribution is 2.38. The van der Waals surface area contributed by atoms with Crippen molar-refractivity contribution >= 4 is 63.7 Å². The molecule has 0 fully saturated rings. The summed E-state index contributed by atoms with van der Waals surface area (Å²) < 4.78 is -0.0605. The van der Waals surface area contributed by atoms with Gasteiger partial charge in [0.2, 0.25) is 0 Å². The Morgan fingerprint density at radius 3 is 1.89 bits per heavy atom. The summed E-state index contributed by atoms with van der Waals surface area (Å²) in [6.07, 6.45) is 2.20. The molecule has 0 spiro atoms. The summed E-state index contributed by atoms with van der Waals surface area (Å²) in [5.74, 6) is 0. The first kappa shape index (κ1) is 10.9. The van der Waals surface area contributed by atoms with Crippen LogP contribution in [0.5, 0.6) is 0 Å². The van der Waals surface area contributed by atoms with Gasteiger partial charge in [0.1, 0.15) is 2.14 Å². The van der Waals surface area contributed by atoms with E-state index in [-0.39, 0.29) is 2.14 Å². The topological polar surface area (TPSA) is 0 Å². The molecule has 0 aliphatic carbocycles. The number of rotatable bonds is 2. The van der Waals surface area contributed by atoms with Gasteiger partial charge < -0.3 is 0 Å². The van der Waals surface area contributed by atoms with Crippen molar-refractivity contribution in [2.24, 2.45) is 0 Å². The van der Waals surface area contributed by atoms with Crippen molar-refractivity contribution in [2.75, 3.05) is 0 Å². The van der Waals surface area contributed by atoms with Gasteiger partial charge >= 0.3 is 0 Å². The van der Waals surface area contributed by atoms with E-state index in [1.807, 2.05) is 0 Å². The minimum absolute atomic E-state index is 0.0605. The molecular weight excluding hydrogens is 380 g/mol. The van der Waals surface area contributed by atoms with Crippen LogP contribution in [0.4, 0.5) is 0 Å². The first-order chi connectivity index (χ1) is 3.92. The van der Waals surface area contributed by atoms with E-state index in [1.54, 1.807) is 0 Å². The second-order valence-electron chi connectivity index (χ2n) is 1.93. The van der Waals surface area contributed by atoms with Crippen LogP contribution in [0.25, 0.3) is 0 Å². The van der Waals surface area contributed by atoms with Gasteiger partial charge in [0.25, 0.3) is 0 Å². The molecule has 0 bridgehead atoms. The van der Waals surface area contributed by atoms with Crippen molar-refractivity contribution < 1.29 is 0 Å². The Morgan fingerprint density at radius 1 is 1.33 bits per heavy atom. The van der Waals surface area contributed by atoms with Crippen LogP contribution < -0.4 is 0 Å². The summed E-state index contributed by atoms with van der Waals surface area (Å²) in [5, 5.41) is 0. The first-order valence-electron chi connectivity index (χ1n) is 2.62. The molecule has 0 aliphatic rings. The monoisotopic (exact) mass is 384 g/mol. The first-order valence-corrected chi connectivity index (χ1v) is 5.92. The van der Waals surface area contributed by atoms with Gasteiger partial charge in [-0.3, -0.25) is 0 Å². The Kier molecular flexibility index (Phi) is 5.74. The van der Waals surface area contributed by atoms with Gasteiger partial charge in [0, 0.05) is 4.83 Å². The molecule has 0 aliphatic heterocycles. The van der Waals surface area contributed by atoms with Crippen LogP contribution in [-0.4, -0.2) is 6.97 Å². The molecule has 1 atom stereocenters. The molecule has 1 unspecified atom stereocenters. The highest BCUT2D eigenvalue weighted by Gasteiger charge is 2.17. The maximum Gasteiger partial charge on any atom is 0.135 e.